The molecule has 8 nitrogen and oxygen atoms in total. The molecule has 0 unspecified atom stereocenters. The van der Waals surface area contributed by atoms with Gasteiger partial charge in [-0.25, -0.2) is 0 Å². The van der Waals surface area contributed by atoms with Gasteiger partial charge in [-0.05, 0) is 48.5 Å². The second-order valence-corrected chi connectivity index (χ2v) is 11.1. The molecule has 8 heteroatoms. The van der Waals surface area contributed by atoms with E-state index in [1.807, 2.05) is 13.8 Å². The molecule has 2 rings (SSSR count). The van der Waals surface area contributed by atoms with E-state index in [9.17, 15) is 14.4 Å². The summed E-state index contributed by atoms with van der Waals surface area (Å²) in [5, 5.41) is 0. The van der Waals surface area contributed by atoms with E-state index < -0.39 is 52.1 Å². The molecule has 0 spiro atoms. The molecule has 0 bridgehead atoms. The van der Waals surface area contributed by atoms with Gasteiger partial charge in [-0.1, -0.05) is 13.8 Å². The molecular weight excluding hydrogens is 404 g/mol. The van der Waals surface area contributed by atoms with E-state index >= 15 is 0 Å². The van der Waals surface area contributed by atoms with Crippen molar-refractivity contribution >= 4 is 17.9 Å². The van der Waals surface area contributed by atoms with Gasteiger partial charge >= 0.3 is 17.9 Å². The molecule has 0 aliphatic carbocycles. The minimum atomic E-state index is -1.27. The van der Waals surface area contributed by atoms with Gasteiger partial charge in [0.1, 0.15) is 30.8 Å². The van der Waals surface area contributed by atoms with E-state index in [0.29, 0.717) is 0 Å². The van der Waals surface area contributed by atoms with E-state index in [0.717, 1.165) is 0 Å². The molecule has 2 aliphatic heterocycles. The number of rotatable bonds is 6. The summed E-state index contributed by atoms with van der Waals surface area (Å²) >= 11 is 0. The van der Waals surface area contributed by atoms with Crippen molar-refractivity contribution in [3.05, 3.63) is 0 Å². The lowest BCUT2D eigenvalue weighted by atomic mass is 9.67. The van der Waals surface area contributed by atoms with Crippen molar-refractivity contribution in [2.45, 2.75) is 80.3 Å². The number of ether oxygens (including phenoxy) is 5. The van der Waals surface area contributed by atoms with Gasteiger partial charge < -0.3 is 23.7 Å². The van der Waals surface area contributed by atoms with E-state index in [1.165, 1.54) is 7.11 Å². The van der Waals surface area contributed by atoms with Crippen LogP contribution in [0.1, 0.15) is 62.3 Å². The number of cyclic esters (lactones) is 1. The molecule has 31 heavy (non-hydrogen) atoms. The highest BCUT2D eigenvalue weighted by Crippen LogP contribution is 2.60. The Balaban J connectivity index is 2.36. The van der Waals surface area contributed by atoms with Crippen LogP contribution in [0.5, 0.6) is 0 Å². The lowest BCUT2D eigenvalue weighted by molar-refractivity contribution is -0.279. The lowest BCUT2D eigenvalue weighted by Crippen LogP contribution is -2.54. The average molecular weight is 443 g/mol. The van der Waals surface area contributed by atoms with Crippen LogP contribution in [-0.2, 0) is 38.1 Å². The van der Waals surface area contributed by atoms with Crippen LogP contribution in [0, 0.1) is 28.1 Å². The Hall–Kier alpha value is -1.67. The first-order valence-corrected chi connectivity index (χ1v) is 10.8. The molecule has 2 aliphatic rings. The fourth-order valence-electron chi connectivity index (χ4n) is 4.50. The summed E-state index contributed by atoms with van der Waals surface area (Å²) in [6.45, 7) is 15.9. The third-order valence-corrected chi connectivity index (χ3v) is 6.25. The largest absolute Gasteiger partial charge is 0.463 e. The highest BCUT2D eigenvalue weighted by atomic mass is 16.7. The Morgan fingerprint density at radius 2 is 1.42 bits per heavy atom. The summed E-state index contributed by atoms with van der Waals surface area (Å²) in [6, 6.07) is 0. The highest BCUT2D eigenvalue weighted by molar-refractivity contribution is 5.82. The van der Waals surface area contributed by atoms with E-state index in [2.05, 4.69) is 0 Å². The summed E-state index contributed by atoms with van der Waals surface area (Å²) in [4.78, 5) is 37.8. The molecule has 0 radical (unpaired) electrons. The first-order valence-electron chi connectivity index (χ1n) is 10.8. The number of hydrogen-bond acceptors (Lipinski definition) is 8. The Bertz CT molecular complexity index is 716. The first-order chi connectivity index (χ1) is 14.0. The van der Waals surface area contributed by atoms with Crippen LogP contribution in [-0.4, -0.2) is 56.2 Å². The number of methoxy groups -OCH3 is 1. The third-order valence-electron chi connectivity index (χ3n) is 6.25. The normalized spacial score (nSPS) is 33.3. The summed E-state index contributed by atoms with van der Waals surface area (Å²) in [7, 11) is 1.49. The fourth-order valence-corrected chi connectivity index (χ4v) is 4.50. The van der Waals surface area contributed by atoms with Crippen molar-refractivity contribution < 1.29 is 38.1 Å². The maximum atomic E-state index is 13.1. The minimum absolute atomic E-state index is 0.0610. The Morgan fingerprint density at radius 1 is 0.968 bits per heavy atom. The van der Waals surface area contributed by atoms with E-state index in [4.69, 9.17) is 23.7 Å². The smallest absolute Gasteiger partial charge is 0.318 e. The highest BCUT2D eigenvalue weighted by Gasteiger charge is 2.75. The van der Waals surface area contributed by atoms with Gasteiger partial charge in [-0.2, -0.15) is 0 Å². The second kappa shape index (κ2) is 8.35. The van der Waals surface area contributed by atoms with Crippen molar-refractivity contribution in [2.75, 3.05) is 20.3 Å². The Morgan fingerprint density at radius 3 is 1.81 bits per heavy atom. The molecule has 0 saturated carbocycles. The fraction of sp³-hybridized carbons (Fsp3) is 0.870. The van der Waals surface area contributed by atoms with Gasteiger partial charge in [-0.3, -0.25) is 14.4 Å². The second-order valence-electron chi connectivity index (χ2n) is 11.1. The molecule has 0 aromatic heterocycles. The minimum Gasteiger partial charge on any atom is -0.463 e. The van der Waals surface area contributed by atoms with Gasteiger partial charge in [0, 0.05) is 13.0 Å². The van der Waals surface area contributed by atoms with E-state index in [1.54, 1.807) is 48.5 Å². The van der Waals surface area contributed by atoms with Crippen LogP contribution in [0.4, 0.5) is 0 Å². The van der Waals surface area contributed by atoms with Gasteiger partial charge in [0.15, 0.2) is 5.79 Å². The maximum absolute atomic E-state index is 13.1. The predicted molar refractivity (Wildman–Crippen MR) is 112 cm³/mol. The monoisotopic (exact) mass is 442 g/mol. The summed E-state index contributed by atoms with van der Waals surface area (Å²) in [5.74, 6) is -3.24. The molecule has 0 aromatic rings. The average Bonchev–Trinajstić information content (AvgIpc) is 3.05. The molecule has 0 aromatic carbocycles. The van der Waals surface area contributed by atoms with Crippen LogP contribution < -0.4 is 0 Å². The molecule has 0 amide bonds. The number of fused-ring (bicyclic) bond motifs is 1. The lowest BCUT2D eigenvalue weighted by Gasteiger charge is -2.40. The van der Waals surface area contributed by atoms with E-state index in [-0.39, 0.29) is 25.1 Å². The topological polar surface area (TPSA) is 97.4 Å². The number of esters is 3. The van der Waals surface area contributed by atoms with Crippen molar-refractivity contribution in [1.29, 1.82) is 0 Å². The van der Waals surface area contributed by atoms with Crippen molar-refractivity contribution in [1.82, 2.24) is 0 Å². The van der Waals surface area contributed by atoms with Gasteiger partial charge in [0.2, 0.25) is 0 Å². The maximum Gasteiger partial charge on any atom is 0.318 e. The van der Waals surface area contributed by atoms with Gasteiger partial charge in [0.25, 0.3) is 0 Å². The zero-order valence-electron chi connectivity index (χ0n) is 20.5. The molecule has 0 N–H and O–H groups in total. The zero-order chi connectivity index (χ0) is 24.0. The van der Waals surface area contributed by atoms with Crippen molar-refractivity contribution in [2.24, 2.45) is 28.1 Å². The zero-order valence-corrected chi connectivity index (χ0v) is 20.5. The van der Waals surface area contributed by atoms with Crippen LogP contribution >= 0.6 is 0 Å². The van der Waals surface area contributed by atoms with Crippen molar-refractivity contribution in [3.63, 3.8) is 0 Å². The molecule has 2 fully saturated rings. The van der Waals surface area contributed by atoms with Crippen LogP contribution in [0.25, 0.3) is 0 Å². The molecule has 2 heterocycles. The molecular formula is C23H38O8. The quantitative estimate of drug-likeness (QED) is 0.457. The van der Waals surface area contributed by atoms with Gasteiger partial charge in [-0.15, -0.1) is 0 Å². The predicted octanol–water partition coefficient (Wildman–Crippen LogP) is 3.11. The summed E-state index contributed by atoms with van der Waals surface area (Å²) < 4.78 is 28.8. The standard InChI is InChI=1S/C23H38O8/c1-13(2)23(27-10)22(9)16(15(31-23)12-29-18(25)21(6,7)8)14(30-19(22)26)11-28-17(24)20(3,4)5/h13-16H,11-12H2,1-10H3/t14-,15+,16+,22-,23-/m1/s1. The van der Waals surface area contributed by atoms with Crippen LogP contribution in [0.15, 0.2) is 0 Å². The third kappa shape index (κ3) is 4.33. The number of carbonyl (C=O) groups is 3. The van der Waals surface area contributed by atoms with Gasteiger partial charge in [0.05, 0.1) is 16.7 Å². The number of carbonyl (C=O) groups excluding carboxylic acids is 3. The Labute approximate surface area is 185 Å². The molecule has 5 atom stereocenters. The number of hydrogen-bond donors (Lipinski definition) is 0. The molecule has 2 saturated heterocycles. The molecule has 178 valence electrons. The summed E-state index contributed by atoms with van der Waals surface area (Å²) in [6.07, 6.45) is -1.40. The first kappa shape index (κ1) is 25.6. The van der Waals surface area contributed by atoms with Crippen molar-refractivity contribution in [3.8, 4) is 0 Å². The Kier molecular flexibility index (Phi) is 6.90. The van der Waals surface area contributed by atoms with Crippen LogP contribution in [0.2, 0.25) is 0 Å². The SMILES string of the molecule is CO[C@]1(C(C)C)O[C@@H](COC(=O)C(C)(C)C)[C@@H]2[C@@H](COC(=O)C(C)(C)C)OC(=O)[C@@]21C. The summed E-state index contributed by atoms with van der Waals surface area (Å²) in [5.41, 5.74) is -2.52. The van der Waals surface area contributed by atoms with Crippen LogP contribution in [0.3, 0.4) is 0 Å².